The molecule has 0 spiro atoms. The Morgan fingerprint density at radius 3 is 2.83 bits per heavy atom. The van der Waals surface area contributed by atoms with E-state index < -0.39 is 5.60 Å². The molecular formula is C14H19N3O. The fourth-order valence-electron chi connectivity index (χ4n) is 1.65. The van der Waals surface area contributed by atoms with Crippen molar-refractivity contribution in [1.82, 2.24) is 4.98 Å². The molecule has 4 N–H and O–H groups in total. The van der Waals surface area contributed by atoms with Crippen LogP contribution in [0.3, 0.4) is 0 Å². The van der Waals surface area contributed by atoms with Gasteiger partial charge < -0.3 is 16.2 Å². The van der Waals surface area contributed by atoms with Crippen molar-refractivity contribution in [3.63, 3.8) is 0 Å². The van der Waals surface area contributed by atoms with E-state index in [1.165, 1.54) is 0 Å². The van der Waals surface area contributed by atoms with Crippen LogP contribution in [0.5, 0.6) is 0 Å². The molecule has 1 unspecified atom stereocenters. The summed E-state index contributed by atoms with van der Waals surface area (Å²) in [4.78, 5) is 4.48. The van der Waals surface area contributed by atoms with E-state index in [0.717, 1.165) is 22.4 Å². The number of anilines is 2. The van der Waals surface area contributed by atoms with Crippen molar-refractivity contribution in [1.29, 1.82) is 0 Å². The van der Waals surface area contributed by atoms with Crippen molar-refractivity contribution in [2.24, 2.45) is 0 Å². The Balaban J connectivity index is 2.18. The molecule has 1 atom stereocenters. The molecule has 0 fully saturated rings. The average molecular weight is 245 g/mol. The van der Waals surface area contributed by atoms with Crippen LogP contribution in [0.25, 0.3) is 10.9 Å². The summed E-state index contributed by atoms with van der Waals surface area (Å²) in [6, 6.07) is 9.50. The van der Waals surface area contributed by atoms with Crippen molar-refractivity contribution < 1.29 is 5.11 Å². The van der Waals surface area contributed by atoms with Crippen molar-refractivity contribution in [2.45, 2.75) is 25.9 Å². The number of nitrogen functional groups attached to an aromatic ring is 1. The fraction of sp³-hybridized carbons (Fsp3) is 0.357. The monoisotopic (exact) mass is 245 g/mol. The summed E-state index contributed by atoms with van der Waals surface area (Å²) in [5, 5.41) is 14.1. The van der Waals surface area contributed by atoms with E-state index in [1.54, 1.807) is 0 Å². The van der Waals surface area contributed by atoms with Gasteiger partial charge in [0.2, 0.25) is 0 Å². The number of pyridine rings is 1. The number of hydrogen-bond acceptors (Lipinski definition) is 4. The van der Waals surface area contributed by atoms with Gasteiger partial charge in [-0.2, -0.15) is 0 Å². The van der Waals surface area contributed by atoms with Crippen molar-refractivity contribution in [3.8, 4) is 0 Å². The summed E-state index contributed by atoms with van der Waals surface area (Å²) in [5.74, 6) is 0.765. The third-order valence-corrected chi connectivity index (χ3v) is 3.13. The van der Waals surface area contributed by atoms with Crippen LogP contribution in [0.1, 0.15) is 20.3 Å². The topological polar surface area (TPSA) is 71.2 Å². The zero-order valence-electron chi connectivity index (χ0n) is 10.8. The van der Waals surface area contributed by atoms with E-state index in [9.17, 15) is 5.11 Å². The summed E-state index contributed by atoms with van der Waals surface area (Å²) in [6.07, 6.45) is 0.699. The molecule has 0 saturated carbocycles. The number of hydrogen-bond donors (Lipinski definition) is 3. The SMILES string of the molecule is CCC(C)(O)CNc1ccc2cc(N)ccc2n1. The normalized spacial score (nSPS) is 14.4. The molecule has 0 amide bonds. The first kappa shape index (κ1) is 12.6. The number of nitrogens with zero attached hydrogens (tertiary/aromatic N) is 1. The number of benzene rings is 1. The van der Waals surface area contributed by atoms with E-state index in [1.807, 2.05) is 44.2 Å². The van der Waals surface area contributed by atoms with E-state index in [0.29, 0.717) is 13.0 Å². The van der Waals surface area contributed by atoms with Crippen LogP contribution in [0, 0.1) is 0 Å². The Morgan fingerprint density at radius 1 is 1.33 bits per heavy atom. The first-order valence-electron chi connectivity index (χ1n) is 6.13. The first-order chi connectivity index (χ1) is 8.50. The molecule has 0 saturated heterocycles. The van der Waals surface area contributed by atoms with Gasteiger partial charge in [0.05, 0.1) is 11.1 Å². The Hall–Kier alpha value is -1.81. The van der Waals surface area contributed by atoms with E-state index in [2.05, 4.69) is 10.3 Å². The molecule has 0 aliphatic carbocycles. The molecule has 0 aliphatic rings. The van der Waals surface area contributed by atoms with Gasteiger partial charge in [-0.3, -0.25) is 0 Å². The van der Waals surface area contributed by atoms with Crippen LogP contribution >= 0.6 is 0 Å². The van der Waals surface area contributed by atoms with Gasteiger partial charge in [0.25, 0.3) is 0 Å². The van der Waals surface area contributed by atoms with Gasteiger partial charge in [-0.25, -0.2) is 4.98 Å². The predicted molar refractivity (Wildman–Crippen MR) is 75.6 cm³/mol. The Morgan fingerprint density at radius 2 is 2.11 bits per heavy atom. The van der Waals surface area contributed by atoms with Gasteiger partial charge in [-0.05, 0) is 43.7 Å². The van der Waals surface area contributed by atoms with Gasteiger partial charge in [0.1, 0.15) is 5.82 Å². The van der Waals surface area contributed by atoms with E-state index in [-0.39, 0.29) is 0 Å². The third-order valence-electron chi connectivity index (χ3n) is 3.13. The highest BCUT2D eigenvalue weighted by Gasteiger charge is 2.16. The standard InChI is InChI=1S/C14H19N3O/c1-3-14(2,18)9-16-13-7-4-10-8-11(15)5-6-12(10)17-13/h4-8,18H,3,9,15H2,1-2H3,(H,16,17). The summed E-state index contributed by atoms with van der Waals surface area (Å²) in [6.45, 7) is 4.25. The molecule has 1 aromatic heterocycles. The zero-order chi connectivity index (χ0) is 13.2. The van der Waals surface area contributed by atoms with Crippen LogP contribution in [0.15, 0.2) is 30.3 Å². The molecule has 0 bridgehead atoms. The molecular weight excluding hydrogens is 226 g/mol. The van der Waals surface area contributed by atoms with Gasteiger partial charge in [0.15, 0.2) is 0 Å². The lowest BCUT2D eigenvalue weighted by Gasteiger charge is -2.21. The number of nitrogens with one attached hydrogen (secondary N) is 1. The van der Waals surface area contributed by atoms with Gasteiger partial charge >= 0.3 is 0 Å². The molecule has 1 aromatic carbocycles. The number of rotatable bonds is 4. The van der Waals surface area contributed by atoms with Gasteiger partial charge in [-0.1, -0.05) is 6.92 Å². The highest BCUT2D eigenvalue weighted by molar-refractivity contribution is 5.83. The van der Waals surface area contributed by atoms with E-state index >= 15 is 0 Å². The van der Waals surface area contributed by atoms with Gasteiger partial charge in [-0.15, -0.1) is 0 Å². The second kappa shape index (κ2) is 4.82. The summed E-state index contributed by atoms with van der Waals surface area (Å²) in [7, 11) is 0. The molecule has 96 valence electrons. The van der Waals surface area contributed by atoms with Crippen LogP contribution in [0.4, 0.5) is 11.5 Å². The maximum atomic E-state index is 9.93. The number of aliphatic hydroxyl groups is 1. The molecule has 0 radical (unpaired) electrons. The molecule has 2 rings (SSSR count). The lowest BCUT2D eigenvalue weighted by atomic mass is 10.0. The number of nitrogens with two attached hydrogens (primary N) is 1. The second-order valence-corrected chi connectivity index (χ2v) is 4.85. The van der Waals surface area contributed by atoms with Crippen LogP contribution in [0.2, 0.25) is 0 Å². The largest absolute Gasteiger partial charge is 0.399 e. The molecule has 18 heavy (non-hydrogen) atoms. The minimum absolute atomic E-state index is 0.483. The second-order valence-electron chi connectivity index (χ2n) is 4.85. The number of aromatic nitrogens is 1. The van der Waals surface area contributed by atoms with Crippen LogP contribution in [-0.4, -0.2) is 22.2 Å². The predicted octanol–water partition coefficient (Wildman–Crippen LogP) is 2.39. The molecule has 4 nitrogen and oxygen atoms in total. The maximum absolute atomic E-state index is 9.93. The van der Waals surface area contributed by atoms with Crippen LogP contribution in [-0.2, 0) is 0 Å². The van der Waals surface area contributed by atoms with Crippen LogP contribution < -0.4 is 11.1 Å². The zero-order valence-corrected chi connectivity index (χ0v) is 10.8. The minimum Gasteiger partial charge on any atom is -0.399 e. The summed E-state index contributed by atoms with van der Waals surface area (Å²) < 4.78 is 0. The highest BCUT2D eigenvalue weighted by Crippen LogP contribution is 2.18. The molecule has 1 heterocycles. The van der Waals surface area contributed by atoms with Crippen molar-refractivity contribution >= 4 is 22.4 Å². The summed E-state index contributed by atoms with van der Waals surface area (Å²) >= 11 is 0. The maximum Gasteiger partial charge on any atom is 0.126 e. The first-order valence-corrected chi connectivity index (χ1v) is 6.13. The smallest absolute Gasteiger partial charge is 0.126 e. The van der Waals surface area contributed by atoms with Crippen molar-refractivity contribution in [2.75, 3.05) is 17.6 Å². The van der Waals surface area contributed by atoms with Crippen molar-refractivity contribution in [3.05, 3.63) is 30.3 Å². The highest BCUT2D eigenvalue weighted by atomic mass is 16.3. The minimum atomic E-state index is -0.711. The van der Waals surface area contributed by atoms with E-state index in [4.69, 9.17) is 5.73 Å². The number of fused-ring (bicyclic) bond motifs is 1. The molecule has 0 aliphatic heterocycles. The Kier molecular flexibility index (Phi) is 3.39. The third kappa shape index (κ3) is 2.90. The van der Waals surface area contributed by atoms with Gasteiger partial charge in [0, 0.05) is 17.6 Å². The molecule has 4 heteroatoms. The summed E-state index contributed by atoms with van der Waals surface area (Å²) in [5.41, 5.74) is 6.64. The lowest BCUT2D eigenvalue weighted by Crippen LogP contribution is -2.32. The fourth-order valence-corrected chi connectivity index (χ4v) is 1.65. The quantitative estimate of drug-likeness (QED) is 0.723. The molecule has 2 aromatic rings. The Labute approximate surface area is 107 Å². The Bertz CT molecular complexity index is 552. The lowest BCUT2D eigenvalue weighted by molar-refractivity contribution is 0.0696. The average Bonchev–Trinajstić information content (AvgIpc) is 2.36.